The molecule has 0 saturated heterocycles. The van der Waals surface area contributed by atoms with Crippen molar-refractivity contribution in [1.29, 1.82) is 0 Å². The second-order valence-corrected chi connectivity index (χ2v) is 5.67. The summed E-state index contributed by atoms with van der Waals surface area (Å²) < 4.78 is 5.26. The molecule has 3 heteroatoms. The molecule has 1 aliphatic rings. The number of rotatable bonds is 6. The topological polar surface area (TPSA) is 24.5 Å². The van der Waals surface area contributed by atoms with E-state index < -0.39 is 0 Å². The summed E-state index contributed by atoms with van der Waals surface area (Å²) in [6.07, 6.45) is 1.14. The average molecular weight is 262 g/mol. The van der Waals surface area contributed by atoms with Crippen molar-refractivity contribution in [1.82, 2.24) is 5.32 Å². The Morgan fingerprint density at radius 2 is 2.21 bits per heavy atom. The van der Waals surface area contributed by atoms with E-state index in [9.17, 15) is 0 Å². The number of fused-ring (bicyclic) bond motifs is 1. The molecule has 2 rings (SSSR count). The van der Waals surface area contributed by atoms with Crippen LogP contribution in [0.5, 0.6) is 0 Å². The first-order valence-electron chi connectivity index (χ1n) is 7.27. The van der Waals surface area contributed by atoms with E-state index in [0.717, 1.165) is 39.2 Å². The van der Waals surface area contributed by atoms with Gasteiger partial charge in [0.1, 0.15) is 0 Å². The number of benzene rings is 1. The van der Waals surface area contributed by atoms with E-state index in [0.29, 0.717) is 5.92 Å². The standard InChI is InChI=1S/C16H26N2O/c1-13(2)12-18(9-10-19-3)16-6-4-5-14-7-8-17-11-15(14)16/h4-6,13,17H,7-12H2,1-3H3. The van der Waals surface area contributed by atoms with E-state index in [2.05, 4.69) is 42.3 Å². The molecule has 0 unspecified atom stereocenters. The Labute approximate surface area is 116 Å². The number of nitrogens with one attached hydrogen (secondary N) is 1. The number of ether oxygens (including phenoxy) is 1. The van der Waals surface area contributed by atoms with E-state index in [4.69, 9.17) is 4.74 Å². The quantitative estimate of drug-likeness (QED) is 0.852. The highest BCUT2D eigenvalue weighted by atomic mass is 16.5. The lowest BCUT2D eigenvalue weighted by Crippen LogP contribution is -2.34. The Morgan fingerprint density at radius 1 is 1.37 bits per heavy atom. The second kappa shape index (κ2) is 6.92. The van der Waals surface area contributed by atoms with Gasteiger partial charge in [-0.05, 0) is 36.1 Å². The molecule has 0 aromatic heterocycles. The van der Waals surface area contributed by atoms with Crippen LogP contribution in [0.15, 0.2) is 18.2 Å². The number of methoxy groups -OCH3 is 1. The Hall–Kier alpha value is -1.06. The summed E-state index contributed by atoms with van der Waals surface area (Å²) >= 11 is 0. The van der Waals surface area contributed by atoms with Gasteiger partial charge in [-0.25, -0.2) is 0 Å². The molecule has 19 heavy (non-hydrogen) atoms. The van der Waals surface area contributed by atoms with E-state index in [1.807, 2.05) is 0 Å². The monoisotopic (exact) mass is 262 g/mol. The van der Waals surface area contributed by atoms with Gasteiger partial charge < -0.3 is 15.0 Å². The summed E-state index contributed by atoms with van der Waals surface area (Å²) in [5.41, 5.74) is 4.36. The third kappa shape index (κ3) is 3.71. The van der Waals surface area contributed by atoms with Crippen molar-refractivity contribution in [3.05, 3.63) is 29.3 Å². The van der Waals surface area contributed by atoms with Crippen LogP contribution in [0, 0.1) is 5.92 Å². The van der Waals surface area contributed by atoms with Crippen molar-refractivity contribution in [3.63, 3.8) is 0 Å². The van der Waals surface area contributed by atoms with Crippen molar-refractivity contribution in [2.45, 2.75) is 26.8 Å². The molecule has 0 amide bonds. The van der Waals surface area contributed by atoms with Crippen molar-refractivity contribution < 1.29 is 4.74 Å². The zero-order valence-electron chi connectivity index (χ0n) is 12.4. The molecule has 0 fully saturated rings. The van der Waals surface area contributed by atoms with Crippen LogP contribution >= 0.6 is 0 Å². The van der Waals surface area contributed by atoms with Crippen LogP contribution in [0.4, 0.5) is 5.69 Å². The van der Waals surface area contributed by atoms with Crippen LogP contribution in [-0.4, -0.2) is 33.4 Å². The minimum Gasteiger partial charge on any atom is -0.383 e. The van der Waals surface area contributed by atoms with Crippen LogP contribution in [-0.2, 0) is 17.7 Å². The van der Waals surface area contributed by atoms with Crippen LogP contribution in [0.3, 0.4) is 0 Å². The van der Waals surface area contributed by atoms with E-state index in [1.54, 1.807) is 7.11 Å². The lowest BCUT2D eigenvalue weighted by Gasteiger charge is -2.31. The van der Waals surface area contributed by atoms with Crippen LogP contribution < -0.4 is 10.2 Å². The van der Waals surface area contributed by atoms with Gasteiger partial charge in [-0.1, -0.05) is 26.0 Å². The summed E-state index contributed by atoms with van der Waals surface area (Å²) in [4.78, 5) is 2.47. The highest BCUT2D eigenvalue weighted by Gasteiger charge is 2.17. The predicted molar refractivity (Wildman–Crippen MR) is 80.8 cm³/mol. The third-order valence-corrected chi connectivity index (χ3v) is 3.61. The molecular weight excluding hydrogens is 236 g/mol. The smallest absolute Gasteiger partial charge is 0.0637 e. The summed E-state index contributed by atoms with van der Waals surface area (Å²) in [5.74, 6) is 0.657. The van der Waals surface area contributed by atoms with Crippen LogP contribution in [0.25, 0.3) is 0 Å². The van der Waals surface area contributed by atoms with Gasteiger partial charge in [0.2, 0.25) is 0 Å². The van der Waals surface area contributed by atoms with Crippen LogP contribution in [0.2, 0.25) is 0 Å². The van der Waals surface area contributed by atoms with Gasteiger partial charge in [-0.15, -0.1) is 0 Å². The van der Waals surface area contributed by atoms with Crippen molar-refractivity contribution in [2.75, 3.05) is 38.3 Å². The Morgan fingerprint density at radius 3 is 2.95 bits per heavy atom. The third-order valence-electron chi connectivity index (χ3n) is 3.61. The lowest BCUT2D eigenvalue weighted by molar-refractivity contribution is 0.204. The highest BCUT2D eigenvalue weighted by molar-refractivity contribution is 5.57. The SMILES string of the molecule is COCCN(CC(C)C)c1cccc2c1CNCC2. The van der Waals surface area contributed by atoms with Gasteiger partial charge >= 0.3 is 0 Å². The number of hydrogen-bond acceptors (Lipinski definition) is 3. The highest BCUT2D eigenvalue weighted by Crippen LogP contribution is 2.27. The molecule has 1 N–H and O–H groups in total. The van der Waals surface area contributed by atoms with Gasteiger partial charge in [-0.3, -0.25) is 0 Å². The first-order chi connectivity index (χ1) is 9.22. The zero-order chi connectivity index (χ0) is 13.7. The minimum atomic E-state index is 0.657. The summed E-state index contributed by atoms with van der Waals surface area (Å²) in [5, 5.41) is 3.49. The minimum absolute atomic E-state index is 0.657. The normalized spacial score (nSPS) is 14.5. The van der Waals surface area contributed by atoms with Gasteiger partial charge in [0, 0.05) is 32.4 Å². The molecule has 0 spiro atoms. The number of hydrogen-bond donors (Lipinski definition) is 1. The molecule has 1 aromatic rings. The predicted octanol–water partition coefficient (Wildman–Crippen LogP) is 2.44. The molecule has 1 aromatic carbocycles. The molecule has 0 saturated carbocycles. The van der Waals surface area contributed by atoms with Gasteiger partial charge in [-0.2, -0.15) is 0 Å². The van der Waals surface area contributed by atoms with Crippen LogP contribution in [0.1, 0.15) is 25.0 Å². The molecule has 0 radical (unpaired) electrons. The molecule has 0 aliphatic carbocycles. The first-order valence-corrected chi connectivity index (χ1v) is 7.27. The van der Waals surface area contributed by atoms with Crippen molar-refractivity contribution in [2.24, 2.45) is 5.92 Å². The summed E-state index contributed by atoms with van der Waals surface area (Å²) in [6.45, 7) is 9.46. The number of nitrogens with zero attached hydrogens (tertiary/aromatic N) is 1. The van der Waals surface area contributed by atoms with E-state index in [1.165, 1.54) is 16.8 Å². The van der Waals surface area contributed by atoms with E-state index in [-0.39, 0.29) is 0 Å². The fourth-order valence-electron chi connectivity index (χ4n) is 2.74. The van der Waals surface area contributed by atoms with Crippen molar-refractivity contribution >= 4 is 5.69 Å². The largest absolute Gasteiger partial charge is 0.383 e. The Balaban J connectivity index is 2.24. The molecule has 1 aliphatic heterocycles. The maximum absolute atomic E-state index is 5.26. The van der Waals surface area contributed by atoms with Gasteiger partial charge in [0.05, 0.1) is 6.61 Å². The molecule has 1 heterocycles. The molecule has 0 bridgehead atoms. The summed E-state index contributed by atoms with van der Waals surface area (Å²) in [7, 11) is 1.77. The second-order valence-electron chi connectivity index (χ2n) is 5.67. The zero-order valence-corrected chi connectivity index (χ0v) is 12.4. The Bertz CT molecular complexity index is 404. The Kier molecular flexibility index (Phi) is 5.23. The van der Waals surface area contributed by atoms with Crippen molar-refractivity contribution in [3.8, 4) is 0 Å². The lowest BCUT2D eigenvalue weighted by atomic mass is 9.98. The molecule has 3 nitrogen and oxygen atoms in total. The molecular formula is C16H26N2O. The molecule has 0 atom stereocenters. The number of anilines is 1. The fourth-order valence-corrected chi connectivity index (χ4v) is 2.74. The first kappa shape index (κ1) is 14.4. The maximum atomic E-state index is 5.26. The average Bonchev–Trinajstić information content (AvgIpc) is 2.42. The fraction of sp³-hybridized carbons (Fsp3) is 0.625. The van der Waals surface area contributed by atoms with Gasteiger partial charge in [0.25, 0.3) is 0 Å². The van der Waals surface area contributed by atoms with Gasteiger partial charge in [0.15, 0.2) is 0 Å². The van der Waals surface area contributed by atoms with E-state index >= 15 is 0 Å². The molecule has 106 valence electrons. The maximum Gasteiger partial charge on any atom is 0.0637 e. The summed E-state index contributed by atoms with van der Waals surface area (Å²) in [6, 6.07) is 6.72.